The summed E-state index contributed by atoms with van der Waals surface area (Å²) in [6, 6.07) is 12.6. The average molecular weight is 266 g/mol. The zero-order valence-corrected chi connectivity index (χ0v) is 11.1. The third-order valence-corrected chi connectivity index (χ3v) is 2.51. The quantitative estimate of drug-likeness (QED) is 0.867. The molecular formula is C16H14N2O2. The summed E-state index contributed by atoms with van der Waals surface area (Å²) in [4.78, 5) is 16.1. The van der Waals surface area contributed by atoms with Crippen LogP contribution in [0.4, 0.5) is 5.69 Å². The standard InChI is InChI=1S/C16H14N2O2/c1-20-12-6-8-13-7-2-3-9-14(13)18-16(19)15-10-4-5-11-17-15/h2-5,7,9-11H,12H2,1H3,(H,18,19). The van der Waals surface area contributed by atoms with E-state index in [4.69, 9.17) is 4.74 Å². The summed E-state index contributed by atoms with van der Waals surface area (Å²) in [6.07, 6.45) is 1.58. The van der Waals surface area contributed by atoms with E-state index in [2.05, 4.69) is 22.1 Å². The number of para-hydroxylation sites is 1. The van der Waals surface area contributed by atoms with Gasteiger partial charge < -0.3 is 10.1 Å². The van der Waals surface area contributed by atoms with Gasteiger partial charge in [-0.2, -0.15) is 0 Å². The lowest BCUT2D eigenvalue weighted by molar-refractivity contribution is 0.102. The molecule has 2 aromatic rings. The van der Waals surface area contributed by atoms with Crippen molar-refractivity contribution in [2.24, 2.45) is 0 Å². The van der Waals surface area contributed by atoms with Crippen molar-refractivity contribution in [1.29, 1.82) is 0 Å². The maximum absolute atomic E-state index is 12.0. The second kappa shape index (κ2) is 7.07. The average Bonchev–Trinajstić information content (AvgIpc) is 2.50. The lowest BCUT2D eigenvalue weighted by Crippen LogP contribution is -2.14. The van der Waals surface area contributed by atoms with E-state index in [9.17, 15) is 4.79 Å². The fourth-order valence-corrected chi connectivity index (χ4v) is 1.59. The van der Waals surface area contributed by atoms with Crippen LogP contribution >= 0.6 is 0 Å². The minimum absolute atomic E-state index is 0.258. The highest BCUT2D eigenvalue weighted by Gasteiger charge is 2.08. The van der Waals surface area contributed by atoms with Gasteiger partial charge in [0.15, 0.2) is 0 Å². The van der Waals surface area contributed by atoms with E-state index in [-0.39, 0.29) is 5.91 Å². The number of methoxy groups -OCH3 is 1. The van der Waals surface area contributed by atoms with Gasteiger partial charge in [-0.15, -0.1) is 0 Å². The molecule has 0 saturated heterocycles. The summed E-state index contributed by atoms with van der Waals surface area (Å²) in [6.45, 7) is 0.350. The Morgan fingerprint density at radius 2 is 2.05 bits per heavy atom. The van der Waals surface area contributed by atoms with E-state index in [0.29, 0.717) is 18.0 Å². The van der Waals surface area contributed by atoms with Crippen LogP contribution in [0.5, 0.6) is 0 Å². The van der Waals surface area contributed by atoms with E-state index in [1.807, 2.05) is 18.2 Å². The first-order valence-corrected chi connectivity index (χ1v) is 6.10. The van der Waals surface area contributed by atoms with E-state index >= 15 is 0 Å². The second-order valence-corrected chi connectivity index (χ2v) is 3.95. The van der Waals surface area contributed by atoms with Crippen LogP contribution in [0, 0.1) is 11.8 Å². The Kier molecular flexibility index (Phi) is 4.87. The van der Waals surface area contributed by atoms with Crippen molar-refractivity contribution >= 4 is 11.6 Å². The summed E-state index contributed by atoms with van der Waals surface area (Å²) in [5.74, 6) is 5.57. The maximum Gasteiger partial charge on any atom is 0.274 e. The first-order valence-electron chi connectivity index (χ1n) is 6.10. The highest BCUT2D eigenvalue weighted by Crippen LogP contribution is 2.14. The summed E-state index contributed by atoms with van der Waals surface area (Å²) in [5.41, 5.74) is 1.77. The first kappa shape index (κ1) is 13.8. The van der Waals surface area contributed by atoms with Gasteiger partial charge in [-0.3, -0.25) is 9.78 Å². The molecule has 1 amide bonds. The summed E-state index contributed by atoms with van der Waals surface area (Å²) in [7, 11) is 1.59. The maximum atomic E-state index is 12.0. The molecule has 1 heterocycles. The Bertz CT molecular complexity index is 642. The zero-order chi connectivity index (χ0) is 14.2. The molecule has 0 aliphatic rings. The molecule has 1 N–H and O–H groups in total. The monoisotopic (exact) mass is 266 g/mol. The summed E-state index contributed by atoms with van der Waals surface area (Å²) in [5, 5.41) is 2.81. The normalized spacial score (nSPS) is 9.45. The molecule has 1 aromatic carbocycles. The van der Waals surface area contributed by atoms with Gasteiger partial charge in [-0.1, -0.05) is 30.0 Å². The smallest absolute Gasteiger partial charge is 0.274 e. The lowest BCUT2D eigenvalue weighted by Gasteiger charge is -2.06. The SMILES string of the molecule is COCC#Cc1ccccc1NC(=O)c1ccccn1. The number of hydrogen-bond donors (Lipinski definition) is 1. The molecule has 2 rings (SSSR count). The zero-order valence-electron chi connectivity index (χ0n) is 11.1. The van der Waals surface area contributed by atoms with Crippen LogP contribution in [-0.4, -0.2) is 24.6 Å². The molecule has 0 spiro atoms. The number of nitrogens with zero attached hydrogens (tertiary/aromatic N) is 1. The summed E-state index contributed by atoms with van der Waals surface area (Å²) >= 11 is 0. The number of aromatic nitrogens is 1. The number of anilines is 1. The van der Waals surface area contributed by atoms with Crippen LogP contribution in [0.15, 0.2) is 48.7 Å². The van der Waals surface area contributed by atoms with Gasteiger partial charge in [-0.05, 0) is 24.3 Å². The number of amides is 1. The molecule has 0 saturated carbocycles. The highest BCUT2D eigenvalue weighted by molar-refractivity contribution is 6.03. The fourth-order valence-electron chi connectivity index (χ4n) is 1.59. The molecule has 0 bridgehead atoms. The van der Waals surface area contributed by atoms with Gasteiger partial charge in [0.25, 0.3) is 5.91 Å². The second-order valence-electron chi connectivity index (χ2n) is 3.95. The van der Waals surface area contributed by atoms with E-state index in [1.165, 1.54) is 0 Å². The Morgan fingerprint density at radius 3 is 2.80 bits per heavy atom. The number of carbonyl (C=O) groups is 1. The molecule has 0 aliphatic carbocycles. The number of carbonyl (C=O) groups excluding carboxylic acids is 1. The van der Waals surface area contributed by atoms with Crippen LogP contribution in [0.2, 0.25) is 0 Å². The van der Waals surface area contributed by atoms with Crippen LogP contribution in [0.1, 0.15) is 16.1 Å². The molecule has 20 heavy (non-hydrogen) atoms. The minimum Gasteiger partial charge on any atom is -0.372 e. The Morgan fingerprint density at radius 1 is 1.25 bits per heavy atom. The number of benzene rings is 1. The van der Waals surface area contributed by atoms with Crippen molar-refractivity contribution in [1.82, 2.24) is 4.98 Å². The van der Waals surface area contributed by atoms with Crippen LogP contribution in [-0.2, 0) is 4.74 Å². The molecule has 0 fully saturated rings. The van der Waals surface area contributed by atoms with Crippen LogP contribution < -0.4 is 5.32 Å². The van der Waals surface area contributed by atoms with Crippen molar-refractivity contribution in [3.8, 4) is 11.8 Å². The van der Waals surface area contributed by atoms with Crippen molar-refractivity contribution in [2.75, 3.05) is 19.0 Å². The Balaban J connectivity index is 2.18. The largest absolute Gasteiger partial charge is 0.372 e. The third-order valence-electron chi connectivity index (χ3n) is 2.51. The Hall–Kier alpha value is -2.64. The van der Waals surface area contributed by atoms with E-state index in [1.54, 1.807) is 37.6 Å². The number of nitrogens with one attached hydrogen (secondary N) is 1. The van der Waals surface area contributed by atoms with Crippen molar-refractivity contribution in [3.05, 3.63) is 59.9 Å². The fraction of sp³-hybridized carbons (Fsp3) is 0.125. The molecule has 0 radical (unpaired) electrons. The molecule has 4 nitrogen and oxygen atoms in total. The highest BCUT2D eigenvalue weighted by atomic mass is 16.5. The van der Waals surface area contributed by atoms with Crippen molar-refractivity contribution in [2.45, 2.75) is 0 Å². The predicted molar refractivity (Wildman–Crippen MR) is 77.4 cm³/mol. The number of rotatable bonds is 3. The van der Waals surface area contributed by atoms with Crippen LogP contribution in [0.3, 0.4) is 0 Å². The minimum atomic E-state index is -0.258. The van der Waals surface area contributed by atoms with Gasteiger partial charge in [0.05, 0.1) is 5.69 Å². The molecule has 0 aliphatic heterocycles. The van der Waals surface area contributed by atoms with Gasteiger partial charge in [0.1, 0.15) is 12.3 Å². The third kappa shape index (κ3) is 3.67. The van der Waals surface area contributed by atoms with Gasteiger partial charge in [0.2, 0.25) is 0 Å². The number of hydrogen-bond acceptors (Lipinski definition) is 3. The van der Waals surface area contributed by atoms with Gasteiger partial charge in [-0.25, -0.2) is 0 Å². The molecule has 0 atom stereocenters. The first-order chi connectivity index (χ1) is 9.81. The predicted octanol–water partition coefficient (Wildman–Crippen LogP) is 2.33. The van der Waals surface area contributed by atoms with E-state index < -0.39 is 0 Å². The Labute approximate surface area is 117 Å². The molecule has 4 heteroatoms. The number of pyridine rings is 1. The van der Waals surface area contributed by atoms with Crippen LogP contribution in [0.25, 0.3) is 0 Å². The molecule has 100 valence electrons. The topological polar surface area (TPSA) is 51.2 Å². The number of ether oxygens (including phenoxy) is 1. The lowest BCUT2D eigenvalue weighted by atomic mass is 10.1. The van der Waals surface area contributed by atoms with Crippen molar-refractivity contribution < 1.29 is 9.53 Å². The van der Waals surface area contributed by atoms with Gasteiger partial charge in [0, 0.05) is 18.9 Å². The van der Waals surface area contributed by atoms with Crippen molar-refractivity contribution in [3.63, 3.8) is 0 Å². The summed E-state index contributed by atoms with van der Waals surface area (Å²) < 4.78 is 4.88. The molecule has 1 aromatic heterocycles. The molecule has 0 unspecified atom stereocenters. The van der Waals surface area contributed by atoms with E-state index in [0.717, 1.165) is 5.56 Å². The molecular weight excluding hydrogens is 252 g/mol. The van der Waals surface area contributed by atoms with Gasteiger partial charge >= 0.3 is 0 Å².